The molecule has 0 unspecified atom stereocenters. The van der Waals surface area contributed by atoms with Crippen molar-refractivity contribution in [3.05, 3.63) is 40.6 Å². The maximum Gasteiger partial charge on any atom is 0.160 e. The lowest BCUT2D eigenvalue weighted by molar-refractivity contribution is 0.373. The third kappa shape index (κ3) is 2.31. The molecule has 5 nitrogen and oxygen atoms in total. The zero-order chi connectivity index (χ0) is 13.4. The summed E-state index contributed by atoms with van der Waals surface area (Å²) in [6, 6.07) is 3.64. The number of pyridine rings is 1. The SMILES string of the molecule is Cc1cc(Cn2c(CCl)nc3cc(Cl)cnc32)on1. The fourth-order valence-corrected chi connectivity index (χ4v) is 2.30. The quantitative estimate of drug-likeness (QED) is 0.697. The second kappa shape index (κ2) is 4.83. The Kier molecular flexibility index (Phi) is 3.16. The molecule has 3 heterocycles. The highest BCUT2D eigenvalue weighted by Crippen LogP contribution is 2.20. The third-order valence-electron chi connectivity index (χ3n) is 2.74. The molecule has 0 saturated heterocycles. The van der Waals surface area contributed by atoms with Gasteiger partial charge < -0.3 is 9.09 Å². The van der Waals surface area contributed by atoms with E-state index in [-0.39, 0.29) is 0 Å². The Bertz CT molecular complexity index is 734. The molecule has 0 saturated carbocycles. The van der Waals surface area contributed by atoms with E-state index in [0.717, 1.165) is 28.4 Å². The first-order valence-corrected chi connectivity index (χ1v) is 6.57. The lowest BCUT2D eigenvalue weighted by Crippen LogP contribution is -2.03. The summed E-state index contributed by atoms with van der Waals surface area (Å²) < 4.78 is 7.12. The van der Waals surface area contributed by atoms with E-state index >= 15 is 0 Å². The second-order valence-electron chi connectivity index (χ2n) is 4.18. The monoisotopic (exact) mass is 296 g/mol. The molecule has 7 heteroatoms. The Morgan fingerprint density at radius 3 is 2.89 bits per heavy atom. The fraction of sp³-hybridized carbons (Fsp3) is 0.250. The Morgan fingerprint density at radius 1 is 1.37 bits per heavy atom. The van der Waals surface area contributed by atoms with Gasteiger partial charge in [0, 0.05) is 12.3 Å². The van der Waals surface area contributed by atoms with Crippen LogP contribution >= 0.6 is 23.2 Å². The lowest BCUT2D eigenvalue weighted by Gasteiger charge is -2.03. The number of hydrogen-bond donors (Lipinski definition) is 0. The van der Waals surface area contributed by atoms with Crippen molar-refractivity contribution in [2.45, 2.75) is 19.3 Å². The Balaban J connectivity index is 2.10. The van der Waals surface area contributed by atoms with E-state index in [2.05, 4.69) is 15.1 Å². The van der Waals surface area contributed by atoms with Crippen LogP contribution in [-0.2, 0) is 12.4 Å². The van der Waals surface area contributed by atoms with E-state index in [1.165, 1.54) is 0 Å². The van der Waals surface area contributed by atoms with E-state index in [1.54, 1.807) is 12.3 Å². The van der Waals surface area contributed by atoms with E-state index in [4.69, 9.17) is 27.7 Å². The van der Waals surface area contributed by atoms with Gasteiger partial charge in [0.15, 0.2) is 11.4 Å². The molecular weight excluding hydrogens is 287 g/mol. The van der Waals surface area contributed by atoms with Crippen molar-refractivity contribution >= 4 is 34.4 Å². The van der Waals surface area contributed by atoms with Gasteiger partial charge in [0.05, 0.1) is 23.1 Å². The lowest BCUT2D eigenvalue weighted by atomic mass is 10.3. The molecule has 0 bridgehead atoms. The Hall–Kier alpha value is -1.59. The summed E-state index contributed by atoms with van der Waals surface area (Å²) in [5.74, 6) is 1.75. The van der Waals surface area contributed by atoms with Crippen molar-refractivity contribution < 1.29 is 4.52 Å². The van der Waals surface area contributed by atoms with Crippen LogP contribution in [0.3, 0.4) is 0 Å². The number of rotatable bonds is 3. The topological polar surface area (TPSA) is 56.7 Å². The summed E-state index contributed by atoms with van der Waals surface area (Å²) >= 11 is 11.8. The van der Waals surface area contributed by atoms with Crippen LogP contribution in [0.25, 0.3) is 11.2 Å². The zero-order valence-electron chi connectivity index (χ0n) is 10.1. The largest absolute Gasteiger partial charge is 0.359 e. The van der Waals surface area contributed by atoms with Crippen LogP contribution in [-0.4, -0.2) is 19.7 Å². The van der Waals surface area contributed by atoms with E-state index < -0.39 is 0 Å². The molecule has 0 atom stereocenters. The van der Waals surface area contributed by atoms with Crippen LogP contribution in [0.1, 0.15) is 17.3 Å². The molecule has 19 heavy (non-hydrogen) atoms. The number of imidazole rings is 1. The van der Waals surface area contributed by atoms with Crippen LogP contribution in [0.2, 0.25) is 5.02 Å². The predicted molar refractivity (Wildman–Crippen MR) is 72.4 cm³/mol. The average molecular weight is 297 g/mol. The molecule has 3 rings (SSSR count). The maximum atomic E-state index is 5.92. The molecule has 0 radical (unpaired) electrons. The number of alkyl halides is 1. The molecule has 0 amide bonds. The maximum absolute atomic E-state index is 5.92. The molecule has 0 aliphatic rings. The van der Waals surface area contributed by atoms with E-state index in [0.29, 0.717) is 17.4 Å². The number of fused-ring (bicyclic) bond motifs is 1. The van der Waals surface area contributed by atoms with E-state index in [1.807, 2.05) is 17.6 Å². The molecule has 0 aliphatic heterocycles. The Labute approximate surface area is 119 Å². The van der Waals surface area contributed by atoms with E-state index in [9.17, 15) is 0 Å². The molecule has 3 aromatic heterocycles. The highest BCUT2D eigenvalue weighted by molar-refractivity contribution is 6.31. The van der Waals surface area contributed by atoms with Crippen molar-refractivity contribution in [2.24, 2.45) is 0 Å². The van der Waals surface area contributed by atoms with Gasteiger partial charge in [-0.3, -0.25) is 0 Å². The molecule has 0 aromatic carbocycles. The van der Waals surface area contributed by atoms with Crippen molar-refractivity contribution in [1.82, 2.24) is 19.7 Å². The first-order chi connectivity index (χ1) is 9.17. The standard InChI is InChI=1S/C12H10Cl2N4O/c1-7-2-9(19-17-7)6-18-11(4-13)16-10-3-8(14)5-15-12(10)18/h2-3,5H,4,6H2,1H3. The van der Waals surface area contributed by atoms with Crippen molar-refractivity contribution in [3.8, 4) is 0 Å². The normalized spacial score (nSPS) is 11.3. The van der Waals surface area contributed by atoms with Crippen LogP contribution in [0.15, 0.2) is 22.9 Å². The van der Waals surface area contributed by atoms with Gasteiger partial charge >= 0.3 is 0 Å². The highest BCUT2D eigenvalue weighted by atomic mass is 35.5. The summed E-state index contributed by atoms with van der Waals surface area (Å²) in [4.78, 5) is 8.72. The molecule has 0 fully saturated rings. The summed E-state index contributed by atoms with van der Waals surface area (Å²) in [5.41, 5.74) is 2.29. The smallest absolute Gasteiger partial charge is 0.160 e. The Morgan fingerprint density at radius 2 is 2.21 bits per heavy atom. The summed E-state index contributed by atoms with van der Waals surface area (Å²) in [6.07, 6.45) is 1.59. The van der Waals surface area contributed by atoms with Gasteiger partial charge in [-0.1, -0.05) is 16.8 Å². The number of aryl methyl sites for hydroxylation is 1. The predicted octanol–water partition coefficient (Wildman–Crippen LogP) is 3.17. The number of hydrogen-bond acceptors (Lipinski definition) is 4. The minimum absolute atomic E-state index is 0.293. The number of nitrogens with zero attached hydrogens (tertiary/aromatic N) is 4. The van der Waals surface area contributed by atoms with Crippen LogP contribution in [0.5, 0.6) is 0 Å². The summed E-state index contributed by atoms with van der Waals surface area (Å²) in [7, 11) is 0. The molecule has 0 spiro atoms. The number of aromatic nitrogens is 4. The minimum Gasteiger partial charge on any atom is -0.359 e. The first kappa shape index (κ1) is 12.4. The first-order valence-electron chi connectivity index (χ1n) is 5.66. The number of halogens is 2. The summed E-state index contributed by atoms with van der Waals surface area (Å²) in [5, 5.41) is 4.41. The molecule has 98 valence electrons. The minimum atomic E-state index is 0.293. The molecule has 0 aliphatic carbocycles. The van der Waals surface area contributed by atoms with Gasteiger partial charge in [0.25, 0.3) is 0 Å². The molecular formula is C12H10Cl2N4O. The van der Waals surface area contributed by atoms with Gasteiger partial charge in [-0.05, 0) is 13.0 Å². The summed E-state index contributed by atoms with van der Waals surface area (Å²) in [6.45, 7) is 2.37. The highest BCUT2D eigenvalue weighted by Gasteiger charge is 2.13. The van der Waals surface area contributed by atoms with Gasteiger partial charge in [-0.2, -0.15) is 0 Å². The van der Waals surface area contributed by atoms with Gasteiger partial charge in [-0.25, -0.2) is 9.97 Å². The van der Waals surface area contributed by atoms with Gasteiger partial charge in [0.1, 0.15) is 11.3 Å². The zero-order valence-corrected chi connectivity index (χ0v) is 11.6. The van der Waals surface area contributed by atoms with Gasteiger partial charge in [-0.15, -0.1) is 11.6 Å². The van der Waals surface area contributed by atoms with Crippen LogP contribution < -0.4 is 0 Å². The van der Waals surface area contributed by atoms with Crippen LogP contribution in [0.4, 0.5) is 0 Å². The van der Waals surface area contributed by atoms with Crippen molar-refractivity contribution in [2.75, 3.05) is 0 Å². The van der Waals surface area contributed by atoms with Crippen LogP contribution in [0, 0.1) is 6.92 Å². The average Bonchev–Trinajstić information content (AvgIpc) is 2.94. The molecule has 0 N–H and O–H groups in total. The second-order valence-corrected chi connectivity index (χ2v) is 4.88. The van der Waals surface area contributed by atoms with Crippen molar-refractivity contribution in [3.63, 3.8) is 0 Å². The van der Waals surface area contributed by atoms with Gasteiger partial charge in [0.2, 0.25) is 0 Å². The molecule has 3 aromatic rings. The fourth-order valence-electron chi connectivity index (χ4n) is 1.95. The third-order valence-corrected chi connectivity index (χ3v) is 3.19. The van der Waals surface area contributed by atoms with Crippen molar-refractivity contribution in [1.29, 1.82) is 0 Å².